The van der Waals surface area contributed by atoms with Crippen LogP contribution in [-0.2, 0) is 6.54 Å². The van der Waals surface area contributed by atoms with Crippen molar-refractivity contribution in [2.45, 2.75) is 52.0 Å². The molecule has 1 N–H and O–H groups in total. The van der Waals surface area contributed by atoms with Gasteiger partial charge in [0, 0.05) is 12.5 Å². The maximum absolute atomic E-state index is 5.59. The lowest BCUT2D eigenvalue weighted by atomic mass is 9.81. The summed E-state index contributed by atoms with van der Waals surface area (Å²) in [5.41, 5.74) is 1.11. The van der Waals surface area contributed by atoms with Crippen molar-refractivity contribution in [2.24, 2.45) is 5.92 Å². The van der Waals surface area contributed by atoms with Gasteiger partial charge in [0.1, 0.15) is 5.76 Å². The molecule has 90 valence electrons. The number of hydrogen-bond acceptors (Lipinski definition) is 3. The van der Waals surface area contributed by atoms with Gasteiger partial charge in [-0.2, -0.15) is 0 Å². The van der Waals surface area contributed by atoms with Crippen LogP contribution in [0.15, 0.2) is 10.8 Å². The maximum Gasteiger partial charge on any atom is 0.181 e. The van der Waals surface area contributed by atoms with Gasteiger partial charge in [-0.1, -0.05) is 26.7 Å². The highest BCUT2D eigenvalue weighted by atomic mass is 16.3. The zero-order valence-electron chi connectivity index (χ0n) is 10.3. The van der Waals surface area contributed by atoms with Gasteiger partial charge in [0.25, 0.3) is 0 Å². The average Bonchev–Trinajstić information content (AvgIpc) is 2.75. The van der Waals surface area contributed by atoms with Gasteiger partial charge in [0.2, 0.25) is 0 Å². The van der Waals surface area contributed by atoms with Crippen LogP contribution in [0.1, 0.15) is 56.9 Å². The normalized spacial score (nSPS) is 25.9. The summed E-state index contributed by atoms with van der Waals surface area (Å²) in [6, 6.07) is 0. The summed E-state index contributed by atoms with van der Waals surface area (Å²) in [5, 5.41) is 3.32. The van der Waals surface area contributed by atoms with Crippen molar-refractivity contribution >= 4 is 0 Å². The van der Waals surface area contributed by atoms with E-state index >= 15 is 0 Å². The van der Waals surface area contributed by atoms with E-state index < -0.39 is 0 Å². The van der Waals surface area contributed by atoms with E-state index in [1.54, 1.807) is 6.39 Å². The summed E-state index contributed by atoms with van der Waals surface area (Å²) < 4.78 is 5.59. The van der Waals surface area contributed by atoms with Crippen molar-refractivity contribution in [1.29, 1.82) is 0 Å². The second kappa shape index (κ2) is 5.48. The minimum atomic E-state index is 0.604. The highest BCUT2D eigenvalue weighted by Gasteiger charge is 2.24. The monoisotopic (exact) mass is 222 g/mol. The first kappa shape index (κ1) is 11.6. The summed E-state index contributed by atoms with van der Waals surface area (Å²) >= 11 is 0. The first-order valence-electron chi connectivity index (χ1n) is 6.44. The fraction of sp³-hybridized carbons (Fsp3) is 0.769. The van der Waals surface area contributed by atoms with Gasteiger partial charge in [0.15, 0.2) is 6.39 Å². The van der Waals surface area contributed by atoms with Gasteiger partial charge in [-0.15, -0.1) is 0 Å². The molecule has 0 amide bonds. The van der Waals surface area contributed by atoms with Crippen molar-refractivity contribution in [1.82, 2.24) is 10.3 Å². The Balaban J connectivity index is 1.99. The number of nitrogens with one attached hydrogen (secondary N) is 1. The molecule has 3 nitrogen and oxygen atoms in total. The van der Waals surface area contributed by atoms with E-state index in [2.05, 4.69) is 24.1 Å². The maximum atomic E-state index is 5.59. The van der Waals surface area contributed by atoms with Crippen molar-refractivity contribution < 1.29 is 4.42 Å². The Morgan fingerprint density at radius 3 is 2.81 bits per heavy atom. The molecule has 1 aromatic heterocycles. The van der Waals surface area contributed by atoms with E-state index in [1.165, 1.54) is 25.7 Å². The Hall–Kier alpha value is -0.830. The Labute approximate surface area is 97.6 Å². The van der Waals surface area contributed by atoms with Crippen LogP contribution in [0.2, 0.25) is 0 Å². The van der Waals surface area contributed by atoms with Crippen LogP contribution in [0.4, 0.5) is 0 Å². The lowest BCUT2D eigenvalue weighted by molar-refractivity contribution is 0.312. The predicted octanol–water partition coefficient (Wildman–Crippen LogP) is 3.08. The van der Waals surface area contributed by atoms with Gasteiger partial charge >= 0.3 is 0 Å². The standard InChI is InChI=1S/C13H22N2O/c1-3-14-8-12-13(16-9-15-12)11-6-4-10(2)5-7-11/h9-11,14H,3-8H2,1-2H3. The summed E-state index contributed by atoms with van der Waals surface area (Å²) in [6.07, 6.45) is 6.77. The minimum absolute atomic E-state index is 0.604. The summed E-state index contributed by atoms with van der Waals surface area (Å²) in [4.78, 5) is 4.32. The van der Waals surface area contributed by atoms with Crippen LogP contribution in [0.25, 0.3) is 0 Å². The Morgan fingerprint density at radius 1 is 1.38 bits per heavy atom. The Bertz CT molecular complexity index is 313. The number of hydrogen-bond donors (Lipinski definition) is 1. The molecule has 0 aromatic carbocycles. The van der Waals surface area contributed by atoms with Gasteiger partial charge in [0.05, 0.1) is 5.69 Å². The average molecular weight is 222 g/mol. The Kier molecular flexibility index (Phi) is 3.99. The number of oxazole rings is 1. The highest BCUT2D eigenvalue weighted by molar-refractivity contribution is 5.13. The van der Waals surface area contributed by atoms with E-state index in [4.69, 9.17) is 4.42 Å². The lowest BCUT2D eigenvalue weighted by Crippen LogP contribution is -2.16. The van der Waals surface area contributed by atoms with E-state index in [0.29, 0.717) is 5.92 Å². The molecule has 0 radical (unpaired) electrons. The van der Waals surface area contributed by atoms with E-state index in [0.717, 1.165) is 30.5 Å². The predicted molar refractivity (Wildman–Crippen MR) is 64.3 cm³/mol. The SMILES string of the molecule is CCNCc1ncoc1C1CCC(C)CC1. The van der Waals surface area contributed by atoms with Gasteiger partial charge in [-0.05, 0) is 25.3 Å². The van der Waals surface area contributed by atoms with Crippen LogP contribution in [0, 0.1) is 5.92 Å². The molecular formula is C13H22N2O. The summed E-state index contributed by atoms with van der Waals surface area (Å²) in [5.74, 6) is 2.62. The summed E-state index contributed by atoms with van der Waals surface area (Å²) in [7, 11) is 0. The molecule has 1 fully saturated rings. The fourth-order valence-corrected chi connectivity index (χ4v) is 2.51. The zero-order valence-corrected chi connectivity index (χ0v) is 10.3. The second-order valence-electron chi connectivity index (χ2n) is 4.90. The quantitative estimate of drug-likeness (QED) is 0.850. The van der Waals surface area contributed by atoms with Crippen LogP contribution in [0.3, 0.4) is 0 Å². The molecule has 1 heterocycles. The fourth-order valence-electron chi connectivity index (χ4n) is 2.51. The first-order chi connectivity index (χ1) is 7.81. The molecule has 0 unspecified atom stereocenters. The molecule has 3 heteroatoms. The molecule has 0 saturated heterocycles. The highest BCUT2D eigenvalue weighted by Crippen LogP contribution is 2.36. The molecule has 2 rings (SSSR count). The third-order valence-electron chi connectivity index (χ3n) is 3.60. The van der Waals surface area contributed by atoms with Crippen molar-refractivity contribution in [2.75, 3.05) is 6.54 Å². The zero-order chi connectivity index (χ0) is 11.4. The van der Waals surface area contributed by atoms with Crippen LogP contribution in [0.5, 0.6) is 0 Å². The topological polar surface area (TPSA) is 38.1 Å². The second-order valence-corrected chi connectivity index (χ2v) is 4.90. The number of aromatic nitrogens is 1. The smallest absolute Gasteiger partial charge is 0.181 e. The van der Waals surface area contributed by atoms with Gasteiger partial charge < -0.3 is 9.73 Å². The minimum Gasteiger partial charge on any atom is -0.448 e. The van der Waals surface area contributed by atoms with Crippen LogP contribution in [-0.4, -0.2) is 11.5 Å². The lowest BCUT2D eigenvalue weighted by Gasteiger charge is -2.24. The van der Waals surface area contributed by atoms with Crippen LogP contribution >= 0.6 is 0 Å². The van der Waals surface area contributed by atoms with Crippen molar-refractivity contribution in [3.63, 3.8) is 0 Å². The molecule has 0 atom stereocenters. The largest absolute Gasteiger partial charge is 0.448 e. The molecule has 16 heavy (non-hydrogen) atoms. The Morgan fingerprint density at radius 2 is 2.12 bits per heavy atom. The molecule has 1 aromatic rings. The van der Waals surface area contributed by atoms with Crippen molar-refractivity contribution in [3.05, 3.63) is 17.8 Å². The van der Waals surface area contributed by atoms with Gasteiger partial charge in [-0.3, -0.25) is 0 Å². The third kappa shape index (κ3) is 2.64. The third-order valence-corrected chi connectivity index (χ3v) is 3.60. The number of nitrogens with zero attached hydrogens (tertiary/aromatic N) is 1. The molecule has 1 saturated carbocycles. The van der Waals surface area contributed by atoms with Crippen LogP contribution < -0.4 is 5.32 Å². The van der Waals surface area contributed by atoms with E-state index in [9.17, 15) is 0 Å². The van der Waals surface area contributed by atoms with Crippen molar-refractivity contribution in [3.8, 4) is 0 Å². The summed E-state index contributed by atoms with van der Waals surface area (Å²) in [6.45, 7) is 6.28. The van der Waals surface area contributed by atoms with E-state index in [-0.39, 0.29) is 0 Å². The molecule has 1 aliphatic rings. The molecule has 0 spiro atoms. The molecule has 1 aliphatic carbocycles. The molecular weight excluding hydrogens is 200 g/mol. The van der Waals surface area contributed by atoms with Gasteiger partial charge in [-0.25, -0.2) is 4.98 Å². The first-order valence-corrected chi connectivity index (χ1v) is 6.44. The van der Waals surface area contributed by atoms with E-state index in [1.807, 2.05) is 0 Å². The molecule has 0 aliphatic heterocycles. The molecule has 0 bridgehead atoms. The number of rotatable bonds is 4.